The molecule has 2 heterocycles. The third-order valence-corrected chi connectivity index (χ3v) is 9.12. The first-order chi connectivity index (χ1) is 15.8. The molecule has 2 aromatic carbocycles. The molecule has 1 N–H and O–H groups in total. The average molecular weight is 483 g/mol. The smallest absolute Gasteiger partial charge is 0.227 e. The predicted octanol–water partition coefficient (Wildman–Crippen LogP) is 4.05. The first-order valence-corrected chi connectivity index (χ1v) is 13.2. The number of nitrogens with one attached hydrogen (secondary N) is 1. The Hall–Kier alpha value is -2.97. The first-order valence-electron chi connectivity index (χ1n) is 10.7. The van der Waals surface area contributed by atoms with Crippen LogP contribution in [0.3, 0.4) is 0 Å². The van der Waals surface area contributed by atoms with Gasteiger partial charge in [-0.15, -0.1) is 11.3 Å². The average Bonchev–Trinajstić information content (AvgIpc) is 3.45. The minimum atomic E-state index is -3.71. The summed E-state index contributed by atoms with van der Waals surface area (Å²) in [5, 5.41) is 3.74. The molecule has 6 nitrogen and oxygen atoms in total. The standard InChI is InChI=1S/C25H26N2O4S2/c1-17-5-9-20(10-6-17)27-16-19(14-24(27)28)25(29)26-15-23(22-4-3-13-32-22)33(30,31)21-11-7-18(2)8-12-21/h3-13,19,23H,14-16H2,1-2H3,(H,26,29)/t19-,23-/m1/s1. The fourth-order valence-electron chi connectivity index (χ4n) is 3.92. The fourth-order valence-corrected chi connectivity index (χ4v) is 6.71. The molecule has 172 valence electrons. The first kappa shape index (κ1) is 23.2. The Morgan fingerprint density at radius 2 is 1.70 bits per heavy atom. The second kappa shape index (κ2) is 9.49. The van der Waals surface area contributed by atoms with E-state index in [0.29, 0.717) is 4.88 Å². The molecule has 1 aliphatic heterocycles. The van der Waals surface area contributed by atoms with Crippen molar-refractivity contribution in [2.75, 3.05) is 18.0 Å². The Kier molecular flexibility index (Phi) is 6.67. The van der Waals surface area contributed by atoms with Crippen LogP contribution in [0.2, 0.25) is 0 Å². The number of rotatable bonds is 7. The van der Waals surface area contributed by atoms with Gasteiger partial charge in [0.1, 0.15) is 5.25 Å². The molecule has 2 amide bonds. The molecule has 33 heavy (non-hydrogen) atoms. The van der Waals surface area contributed by atoms with Crippen LogP contribution in [0.1, 0.15) is 27.7 Å². The van der Waals surface area contributed by atoms with Gasteiger partial charge >= 0.3 is 0 Å². The number of hydrogen-bond donors (Lipinski definition) is 1. The zero-order valence-corrected chi connectivity index (χ0v) is 20.2. The van der Waals surface area contributed by atoms with E-state index in [2.05, 4.69) is 5.32 Å². The molecule has 1 fully saturated rings. The van der Waals surface area contributed by atoms with Gasteiger partial charge in [0.05, 0.1) is 10.8 Å². The van der Waals surface area contributed by atoms with Gasteiger partial charge in [0.15, 0.2) is 9.84 Å². The van der Waals surface area contributed by atoms with Gasteiger partial charge in [-0.2, -0.15) is 0 Å². The van der Waals surface area contributed by atoms with Crippen molar-refractivity contribution in [2.45, 2.75) is 30.4 Å². The lowest BCUT2D eigenvalue weighted by atomic mass is 10.1. The van der Waals surface area contributed by atoms with Gasteiger partial charge < -0.3 is 10.2 Å². The lowest BCUT2D eigenvalue weighted by Crippen LogP contribution is -2.37. The summed E-state index contributed by atoms with van der Waals surface area (Å²) in [6.45, 7) is 4.10. The molecule has 0 spiro atoms. The molecule has 1 saturated heterocycles. The number of carbonyl (C=O) groups excluding carboxylic acids is 2. The van der Waals surface area contributed by atoms with Crippen LogP contribution in [0.25, 0.3) is 0 Å². The van der Waals surface area contributed by atoms with E-state index >= 15 is 0 Å². The molecular formula is C25H26N2O4S2. The quantitative estimate of drug-likeness (QED) is 0.551. The number of carbonyl (C=O) groups is 2. The molecule has 2 atom stereocenters. The number of benzene rings is 2. The zero-order valence-electron chi connectivity index (χ0n) is 18.5. The number of amides is 2. The second-order valence-corrected chi connectivity index (χ2v) is 11.5. The molecule has 0 saturated carbocycles. The Labute approximate surface area is 198 Å². The lowest BCUT2D eigenvalue weighted by molar-refractivity contribution is -0.126. The molecule has 1 aliphatic rings. The molecule has 0 unspecified atom stereocenters. The summed E-state index contributed by atoms with van der Waals surface area (Å²) >= 11 is 1.35. The largest absolute Gasteiger partial charge is 0.354 e. The van der Waals surface area contributed by atoms with Crippen LogP contribution in [0, 0.1) is 19.8 Å². The van der Waals surface area contributed by atoms with E-state index in [-0.39, 0.29) is 36.2 Å². The number of nitrogens with zero attached hydrogens (tertiary/aromatic N) is 1. The highest BCUT2D eigenvalue weighted by atomic mass is 32.2. The Bertz CT molecular complexity index is 1230. The Morgan fingerprint density at radius 1 is 1.06 bits per heavy atom. The van der Waals surface area contributed by atoms with E-state index in [1.165, 1.54) is 11.3 Å². The molecular weight excluding hydrogens is 456 g/mol. The molecule has 4 rings (SSSR count). The molecule has 1 aromatic heterocycles. The summed E-state index contributed by atoms with van der Waals surface area (Å²) in [5.74, 6) is -0.940. The van der Waals surface area contributed by atoms with Crippen LogP contribution in [-0.4, -0.2) is 33.3 Å². The Balaban J connectivity index is 1.48. The number of aryl methyl sites for hydroxylation is 2. The maximum atomic E-state index is 13.4. The van der Waals surface area contributed by atoms with Gasteiger partial charge in [-0.25, -0.2) is 8.42 Å². The molecule has 0 radical (unpaired) electrons. The van der Waals surface area contributed by atoms with E-state index in [0.717, 1.165) is 16.8 Å². The van der Waals surface area contributed by atoms with Crippen molar-refractivity contribution in [2.24, 2.45) is 5.92 Å². The number of thiophene rings is 1. The highest BCUT2D eigenvalue weighted by molar-refractivity contribution is 7.91. The third-order valence-electron chi connectivity index (χ3n) is 5.89. The highest BCUT2D eigenvalue weighted by Crippen LogP contribution is 2.32. The number of hydrogen-bond acceptors (Lipinski definition) is 5. The van der Waals surface area contributed by atoms with Crippen molar-refractivity contribution in [1.82, 2.24) is 5.32 Å². The second-order valence-electron chi connectivity index (χ2n) is 8.35. The third kappa shape index (κ3) is 5.02. The summed E-state index contributed by atoms with van der Waals surface area (Å²) in [6, 6.07) is 17.9. The van der Waals surface area contributed by atoms with E-state index in [1.807, 2.05) is 43.5 Å². The van der Waals surface area contributed by atoms with E-state index in [9.17, 15) is 18.0 Å². The summed E-state index contributed by atoms with van der Waals surface area (Å²) in [7, 11) is -3.71. The monoisotopic (exact) mass is 482 g/mol. The SMILES string of the molecule is Cc1ccc(N2C[C@H](C(=O)NC[C@H](c3cccs3)S(=O)(=O)c3ccc(C)cc3)CC2=O)cc1. The van der Waals surface area contributed by atoms with Crippen molar-refractivity contribution in [3.63, 3.8) is 0 Å². The minimum Gasteiger partial charge on any atom is -0.354 e. The van der Waals surface area contributed by atoms with Gasteiger partial charge in [0.25, 0.3) is 0 Å². The summed E-state index contributed by atoms with van der Waals surface area (Å²) < 4.78 is 26.8. The fraction of sp³-hybridized carbons (Fsp3) is 0.280. The van der Waals surface area contributed by atoms with Gasteiger partial charge in [0.2, 0.25) is 11.8 Å². The summed E-state index contributed by atoms with van der Waals surface area (Å²) in [6.07, 6.45) is 0.105. The Morgan fingerprint density at radius 3 is 2.30 bits per heavy atom. The summed E-state index contributed by atoms with van der Waals surface area (Å²) in [4.78, 5) is 28.0. The molecule has 0 aliphatic carbocycles. The molecule has 3 aromatic rings. The number of sulfone groups is 1. The van der Waals surface area contributed by atoms with Crippen molar-refractivity contribution in [3.8, 4) is 0 Å². The van der Waals surface area contributed by atoms with Crippen LogP contribution in [-0.2, 0) is 19.4 Å². The molecule has 0 bridgehead atoms. The van der Waals surface area contributed by atoms with E-state index in [1.54, 1.807) is 41.3 Å². The summed E-state index contributed by atoms with van der Waals surface area (Å²) in [5.41, 5.74) is 2.83. The van der Waals surface area contributed by atoms with Crippen molar-refractivity contribution < 1.29 is 18.0 Å². The van der Waals surface area contributed by atoms with Crippen LogP contribution in [0.4, 0.5) is 5.69 Å². The topological polar surface area (TPSA) is 83.6 Å². The van der Waals surface area contributed by atoms with Crippen molar-refractivity contribution >= 4 is 38.7 Å². The lowest BCUT2D eigenvalue weighted by Gasteiger charge is -2.19. The zero-order chi connectivity index (χ0) is 23.6. The van der Waals surface area contributed by atoms with Crippen LogP contribution in [0.5, 0.6) is 0 Å². The highest BCUT2D eigenvalue weighted by Gasteiger charge is 2.36. The molecule has 8 heteroatoms. The van der Waals surface area contributed by atoms with Crippen LogP contribution in [0.15, 0.2) is 70.9 Å². The normalized spacial score (nSPS) is 17.2. The van der Waals surface area contributed by atoms with Crippen molar-refractivity contribution in [3.05, 3.63) is 82.0 Å². The van der Waals surface area contributed by atoms with Gasteiger partial charge in [-0.1, -0.05) is 41.5 Å². The van der Waals surface area contributed by atoms with Gasteiger partial charge in [-0.3, -0.25) is 9.59 Å². The van der Waals surface area contributed by atoms with Gasteiger partial charge in [-0.05, 0) is 49.6 Å². The van der Waals surface area contributed by atoms with E-state index in [4.69, 9.17) is 0 Å². The minimum absolute atomic E-state index is 0.0508. The van der Waals surface area contributed by atoms with Crippen LogP contribution < -0.4 is 10.2 Å². The van der Waals surface area contributed by atoms with Crippen molar-refractivity contribution in [1.29, 1.82) is 0 Å². The number of anilines is 1. The maximum absolute atomic E-state index is 13.4. The van der Waals surface area contributed by atoms with Crippen LogP contribution >= 0.6 is 11.3 Å². The maximum Gasteiger partial charge on any atom is 0.227 e. The van der Waals surface area contributed by atoms with Gasteiger partial charge in [0, 0.05) is 30.1 Å². The predicted molar refractivity (Wildman–Crippen MR) is 130 cm³/mol. The van der Waals surface area contributed by atoms with E-state index < -0.39 is 21.0 Å².